The van der Waals surface area contributed by atoms with Gasteiger partial charge in [0.05, 0.1) is 0 Å². The van der Waals surface area contributed by atoms with Crippen LogP contribution in [0.2, 0.25) is 0 Å². The average molecular weight is 294 g/mol. The Bertz CT molecular complexity index is 499. The molecule has 1 N–H and O–H groups in total. The molecule has 0 radical (unpaired) electrons. The normalized spacial score (nSPS) is 11.6. The van der Waals surface area contributed by atoms with Gasteiger partial charge in [-0.1, -0.05) is 12.1 Å². The molecule has 3 amide bonds. The first kappa shape index (κ1) is 16.8. The first-order valence-corrected chi connectivity index (χ1v) is 6.67. The third kappa shape index (κ3) is 4.98. The number of imide groups is 1. The molecule has 21 heavy (non-hydrogen) atoms. The number of nitrogens with one attached hydrogen (secondary N) is 1. The van der Waals surface area contributed by atoms with Gasteiger partial charge in [0.1, 0.15) is 5.82 Å². The first-order chi connectivity index (χ1) is 9.99. The minimum absolute atomic E-state index is 0.125. The second kappa shape index (κ2) is 8.14. The van der Waals surface area contributed by atoms with Crippen LogP contribution in [0.15, 0.2) is 18.2 Å². The van der Waals surface area contributed by atoms with Gasteiger partial charge in [0.2, 0.25) is 18.7 Å². The monoisotopic (exact) mass is 294 g/mol. The smallest absolute Gasteiger partial charge is 0.226 e. The van der Waals surface area contributed by atoms with E-state index in [0.717, 1.165) is 5.56 Å². The Labute approximate surface area is 123 Å². The van der Waals surface area contributed by atoms with Crippen molar-refractivity contribution in [1.82, 2.24) is 10.2 Å². The van der Waals surface area contributed by atoms with Crippen LogP contribution in [0.5, 0.6) is 0 Å². The minimum Gasteiger partial charge on any atom is -0.338 e. The zero-order valence-electron chi connectivity index (χ0n) is 12.1. The van der Waals surface area contributed by atoms with Gasteiger partial charge in [-0.2, -0.15) is 0 Å². The van der Waals surface area contributed by atoms with Gasteiger partial charge in [-0.05, 0) is 31.9 Å². The largest absolute Gasteiger partial charge is 0.338 e. The maximum Gasteiger partial charge on any atom is 0.226 e. The summed E-state index contributed by atoms with van der Waals surface area (Å²) < 4.78 is 13.8. The lowest BCUT2D eigenvalue weighted by Crippen LogP contribution is -2.33. The lowest BCUT2D eigenvalue weighted by atomic mass is 10.1. The molecule has 0 aliphatic carbocycles. The molecule has 1 aromatic rings. The number of hydrogen-bond donors (Lipinski definition) is 1. The summed E-state index contributed by atoms with van der Waals surface area (Å²) in [7, 11) is 0. The van der Waals surface area contributed by atoms with Crippen LogP contribution in [0.1, 0.15) is 30.9 Å². The molecule has 0 aromatic heterocycles. The number of rotatable bonds is 8. The summed E-state index contributed by atoms with van der Waals surface area (Å²) >= 11 is 0. The van der Waals surface area contributed by atoms with E-state index in [-0.39, 0.29) is 24.8 Å². The predicted octanol–water partition coefficient (Wildman–Crippen LogP) is 1.53. The van der Waals surface area contributed by atoms with Crippen LogP contribution in [0, 0.1) is 12.7 Å². The summed E-state index contributed by atoms with van der Waals surface area (Å²) in [5, 5.41) is 2.04. The Morgan fingerprint density at radius 2 is 2.14 bits per heavy atom. The minimum atomic E-state index is -0.398. The van der Waals surface area contributed by atoms with E-state index in [4.69, 9.17) is 0 Å². The average Bonchev–Trinajstić information content (AvgIpc) is 2.45. The van der Waals surface area contributed by atoms with Crippen LogP contribution in [0.4, 0.5) is 4.39 Å². The van der Waals surface area contributed by atoms with E-state index in [9.17, 15) is 18.8 Å². The van der Waals surface area contributed by atoms with Gasteiger partial charge in [-0.25, -0.2) is 4.39 Å². The summed E-state index contributed by atoms with van der Waals surface area (Å²) in [6.07, 6.45) is 1.49. The second-order valence-electron chi connectivity index (χ2n) is 4.89. The number of carbonyl (C=O) groups excluding carboxylic acids is 3. The van der Waals surface area contributed by atoms with Crippen LogP contribution < -0.4 is 5.32 Å². The van der Waals surface area contributed by atoms with Crippen molar-refractivity contribution in [3.63, 3.8) is 0 Å². The fraction of sp³-hybridized carbons (Fsp3) is 0.400. The molecule has 0 heterocycles. The summed E-state index contributed by atoms with van der Waals surface area (Å²) in [6, 6.07) is 4.52. The number of amides is 3. The van der Waals surface area contributed by atoms with Crippen molar-refractivity contribution < 1.29 is 18.8 Å². The second-order valence-corrected chi connectivity index (χ2v) is 4.89. The maximum absolute atomic E-state index is 13.8. The quantitative estimate of drug-likeness (QED) is 0.739. The van der Waals surface area contributed by atoms with E-state index in [1.54, 1.807) is 26.0 Å². The number of hydrogen-bond acceptors (Lipinski definition) is 3. The van der Waals surface area contributed by atoms with Crippen LogP contribution in [0.25, 0.3) is 0 Å². The van der Waals surface area contributed by atoms with E-state index >= 15 is 0 Å². The van der Waals surface area contributed by atoms with Gasteiger partial charge < -0.3 is 4.90 Å². The third-order valence-electron chi connectivity index (χ3n) is 3.40. The highest BCUT2D eigenvalue weighted by atomic mass is 19.1. The van der Waals surface area contributed by atoms with E-state index in [0.29, 0.717) is 24.8 Å². The lowest BCUT2D eigenvalue weighted by molar-refractivity contribution is -0.126. The lowest BCUT2D eigenvalue weighted by Gasteiger charge is -2.26. The van der Waals surface area contributed by atoms with Crippen LogP contribution >= 0.6 is 0 Å². The molecule has 114 valence electrons. The van der Waals surface area contributed by atoms with Gasteiger partial charge in [0, 0.05) is 24.6 Å². The SMILES string of the molecule is Cc1cccc(F)c1CN(C=O)C(C)CCC(=O)NC=O. The van der Waals surface area contributed by atoms with Crippen molar-refractivity contribution in [2.45, 2.75) is 39.3 Å². The summed E-state index contributed by atoms with van der Waals surface area (Å²) in [6.45, 7) is 3.71. The molecule has 1 unspecified atom stereocenters. The number of nitrogens with zero attached hydrogens (tertiary/aromatic N) is 1. The highest BCUT2D eigenvalue weighted by Gasteiger charge is 2.16. The Balaban J connectivity index is 2.68. The molecule has 1 aromatic carbocycles. The molecule has 5 nitrogen and oxygen atoms in total. The van der Waals surface area contributed by atoms with Gasteiger partial charge >= 0.3 is 0 Å². The van der Waals surface area contributed by atoms with Crippen LogP contribution in [-0.4, -0.2) is 29.7 Å². The molecular weight excluding hydrogens is 275 g/mol. The molecule has 6 heteroatoms. The molecule has 0 fully saturated rings. The standard InChI is InChI=1S/C15H19FN2O3/c1-11-4-3-5-14(16)13(11)8-18(10-20)12(2)6-7-15(21)17-9-19/h3-5,9-10,12H,6-8H2,1-2H3,(H,17,19,21). The highest BCUT2D eigenvalue weighted by molar-refractivity contribution is 5.85. The Morgan fingerprint density at radius 1 is 1.43 bits per heavy atom. The number of carbonyl (C=O) groups is 3. The van der Waals surface area contributed by atoms with Crippen molar-refractivity contribution in [1.29, 1.82) is 0 Å². The number of benzene rings is 1. The molecule has 0 spiro atoms. The number of aryl methyl sites for hydroxylation is 1. The topological polar surface area (TPSA) is 66.5 Å². The third-order valence-corrected chi connectivity index (χ3v) is 3.40. The summed E-state index contributed by atoms with van der Waals surface area (Å²) in [5.74, 6) is -0.752. The summed E-state index contributed by atoms with van der Waals surface area (Å²) in [5.41, 5.74) is 1.24. The van der Waals surface area contributed by atoms with E-state index < -0.39 is 5.91 Å². The maximum atomic E-state index is 13.8. The van der Waals surface area contributed by atoms with Crippen molar-refractivity contribution in [3.05, 3.63) is 35.1 Å². The molecule has 1 rings (SSSR count). The molecule has 0 saturated heterocycles. The zero-order valence-corrected chi connectivity index (χ0v) is 12.1. The van der Waals surface area contributed by atoms with Gasteiger partial charge in [0.15, 0.2) is 0 Å². The Kier molecular flexibility index (Phi) is 6.52. The number of halogens is 1. The molecular formula is C15H19FN2O3. The fourth-order valence-electron chi connectivity index (χ4n) is 1.99. The Morgan fingerprint density at radius 3 is 2.71 bits per heavy atom. The molecule has 0 bridgehead atoms. The van der Waals surface area contributed by atoms with E-state index in [1.807, 2.05) is 5.32 Å². The highest BCUT2D eigenvalue weighted by Crippen LogP contribution is 2.17. The van der Waals surface area contributed by atoms with Crippen molar-refractivity contribution in [2.24, 2.45) is 0 Å². The molecule has 0 aliphatic heterocycles. The van der Waals surface area contributed by atoms with Gasteiger partial charge in [0.25, 0.3) is 0 Å². The van der Waals surface area contributed by atoms with Crippen molar-refractivity contribution in [3.8, 4) is 0 Å². The molecule has 0 saturated carbocycles. The van der Waals surface area contributed by atoms with Crippen molar-refractivity contribution in [2.75, 3.05) is 0 Å². The summed E-state index contributed by atoms with van der Waals surface area (Å²) in [4.78, 5) is 34.0. The first-order valence-electron chi connectivity index (χ1n) is 6.67. The zero-order chi connectivity index (χ0) is 15.8. The predicted molar refractivity (Wildman–Crippen MR) is 75.6 cm³/mol. The van der Waals surface area contributed by atoms with Crippen LogP contribution in [-0.2, 0) is 20.9 Å². The van der Waals surface area contributed by atoms with Gasteiger partial charge in [-0.15, -0.1) is 0 Å². The van der Waals surface area contributed by atoms with Crippen molar-refractivity contribution >= 4 is 18.7 Å². The molecule has 1 atom stereocenters. The molecule has 0 aliphatic rings. The fourth-order valence-corrected chi connectivity index (χ4v) is 1.99. The van der Waals surface area contributed by atoms with E-state index in [1.165, 1.54) is 11.0 Å². The van der Waals surface area contributed by atoms with Gasteiger partial charge in [-0.3, -0.25) is 19.7 Å². The van der Waals surface area contributed by atoms with Crippen LogP contribution in [0.3, 0.4) is 0 Å². The van der Waals surface area contributed by atoms with E-state index in [2.05, 4.69) is 0 Å². The Hall–Kier alpha value is -2.24.